The SMILES string of the molecule is [Ag].[Ag].[Ag].[Au].[Au].[Au].[Au]. The smallest absolute Gasteiger partial charge is 0 e. The summed E-state index contributed by atoms with van der Waals surface area (Å²) in [6.45, 7) is 0. The molecule has 0 fully saturated rings. The minimum atomic E-state index is 0. The van der Waals surface area contributed by atoms with Crippen LogP contribution in [-0.2, 0) is 157 Å². The largest absolute Gasteiger partial charge is 0 e. The second-order valence-electron chi connectivity index (χ2n) is 0. The fraction of sp³-hybridized carbons (Fsp3) is 0. The van der Waals surface area contributed by atoms with Crippen LogP contribution in [0.1, 0.15) is 0 Å². The van der Waals surface area contributed by atoms with Crippen molar-refractivity contribution in [2.24, 2.45) is 0 Å². The molecule has 7 radical (unpaired) electrons. The van der Waals surface area contributed by atoms with Crippen molar-refractivity contribution < 1.29 is 157 Å². The van der Waals surface area contributed by atoms with E-state index in [9.17, 15) is 0 Å². The predicted octanol–water partition coefficient (Wildman–Crippen LogP) is -0.0175. The van der Waals surface area contributed by atoms with E-state index in [-0.39, 0.29) is 157 Å². The Morgan fingerprint density at radius 2 is 0.286 bits per heavy atom. The summed E-state index contributed by atoms with van der Waals surface area (Å²) < 4.78 is 0. The van der Waals surface area contributed by atoms with Crippen molar-refractivity contribution in [1.82, 2.24) is 0 Å². The fourth-order valence-electron chi connectivity index (χ4n) is 0. The van der Waals surface area contributed by atoms with Crippen molar-refractivity contribution in [2.75, 3.05) is 0 Å². The second kappa shape index (κ2) is 43.2. The summed E-state index contributed by atoms with van der Waals surface area (Å²) >= 11 is 0. The van der Waals surface area contributed by atoms with Crippen LogP contribution in [0.4, 0.5) is 0 Å². The molecule has 0 unspecified atom stereocenters. The van der Waals surface area contributed by atoms with Crippen molar-refractivity contribution in [3.05, 3.63) is 0 Å². The molecule has 0 atom stereocenters. The zero-order valence-corrected chi connectivity index (χ0v) is 15.2. The van der Waals surface area contributed by atoms with E-state index in [2.05, 4.69) is 0 Å². The van der Waals surface area contributed by atoms with Crippen molar-refractivity contribution in [3.8, 4) is 0 Å². The zero-order valence-electron chi connectivity index (χ0n) is 2.11. The average molecular weight is 1110 g/mol. The van der Waals surface area contributed by atoms with Gasteiger partial charge in [0.2, 0.25) is 0 Å². The van der Waals surface area contributed by atoms with E-state index in [0.29, 0.717) is 0 Å². The van der Waals surface area contributed by atoms with Crippen molar-refractivity contribution in [3.63, 3.8) is 0 Å². The van der Waals surface area contributed by atoms with Gasteiger partial charge in [0.1, 0.15) is 0 Å². The second-order valence-corrected chi connectivity index (χ2v) is 0. The van der Waals surface area contributed by atoms with E-state index in [1.807, 2.05) is 0 Å². The molecule has 0 aliphatic rings. The standard InChI is InChI=1S/3Ag.4Au. The van der Waals surface area contributed by atoms with E-state index < -0.39 is 0 Å². The van der Waals surface area contributed by atoms with Crippen LogP contribution < -0.4 is 0 Å². The number of rotatable bonds is 0. The molecule has 0 rings (SSSR count). The number of hydrogen-bond acceptors (Lipinski definition) is 0. The van der Waals surface area contributed by atoms with Crippen LogP contribution in [0.2, 0.25) is 0 Å². The summed E-state index contributed by atoms with van der Waals surface area (Å²) in [6, 6.07) is 0. The van der Waals surface area contributed by atoms with Crippen LogP contribution in [0.25, 0.3) is 0 Å². The minimum absolute atomic E-state index is 0. The van der Waals surface area contributed by atoms with E-state index in [1.165, 1.54) is 0 Å². The third kappa shape index (κ3) is 35.1. The van der Waals surface area contributed by atoms with Crippen LogP contribution >= 0.6 is 0 Å². The van der Waals surface area contributed by atoms with E-state index in [1.54, 1.807) is 0 Å². The van der Waals surface area contributed by atoms with Gasteiger partial charge >= 0.3 is 0 Å². The van der Waals surface area contributed by atoms with Gasteiger partial charge in [-0.05, 0) is 0 Å². The van der Waals surface area contributed by atoms with E-state index in [0.717, 1.165) is 0 Å². The Morgan fingerprint density at radius 1 is 0.286 bits per heavy atom. The molecule has 0 saturated heterocycles. The summed E-state index contributed by atoms with van der Waals surface area (Å²) in [4.78, 5) is 0. The van der Waals surface area contributed by atoms with Gasteiger partial charge in [0.25, 0.3) is 0 Å². The van der Waals surface area contributed by atoms with Gasteiger partial charge in [0, 0.05) is 157 Å². The fourth-order valence-corrected chi connectivity index (χ4v) is 0. The van der Waals surface area contributed by atoms with Crippen molar-refractivity contribution in [2.45, 2.75) is 0 Å². The Labute approximate surface area is 153 Å². The summed E-state index contributed by atoms with van der Waals surface area (Å²) in [5.41, 5.74) is 0. The molecule has 7 heteroatoms. The van der Waals surface area contributed by atoms with Gasteiger partial charge in [-0.15, -0.1) is 0 Å². The molecule has 0 aliphatic carbocycles. The van der Waals surface area contributed by atoms with E-state index >= 15 is 0 Å². The third-order valence-electron chi connectivity index (χ3n) is 0. The Bertz CT molecular complexity index is 6.90. The van der Waals surface area contributed by atoms with Crippen LogP contribution in [0.15, 0.2) is 0 Å². The van der Waals surface area contributed by atoms with Crippen molar-refractivity contribution >= 4 is 0 Å². The molecule has 0 spiro atoms. The molecule has 7 heavy (non-hydrogen) atoms. The minimum Gasteiger partial charge on any atom is 0 e. The van der Waals surface area contributed by atoms with Gasteiger partial charge in [-0.2, -0.15) is 0 Å². The molecular formula is Ag3Au4. The maximum Gasteiger partial charge on any atom is 0 e. The van der Waals surface area contributed by atoms with Gasteiger partial charge < -0.3 is 0 Å². The molecule has 0 bridgehead atoms. The van der Waals surface area contributed by atoms with Gasteiger partial charge in [0.15, 0.2) is 0 Å². The maximum absolute atomic E-state index is 0. The summed E-state index contributed by atoms with van der Waals surface area (Å²) in [5.74, 6) is 0. The average Bonchev–Trinajstić information content (AvgIpc) is 0. The molecule has 0 aromatic carbocycles. The predicted molar refractivity (Wildman–Crippen MR) is 0 cm³/mol. The summed E-state index contributed by atoms with van der Waals surface area (Å²) in [6.07, 6.45) is 0. The quantitative estimate of drug-likeness (QED) is 0.300. The first-order chi connectivity index (χ1) is 0. The normalized spacial score (nSPS) is 0. The summed E-state index contributed by atoms with van der Waals surface area (Å²) in [7, 11) is 0. The van der Waals surface area contributed by atoms with Crippen molar-refractivity contribution in [1.29, 1.82) is 0 Å². The van der Waals surface area contributed by atoms with Crippen LogP contribution in [-0.4, -0.2) is 0 Å². The molecule has 0 nitrogen and oxygen atoms in total. The first-order valence-electron chi connectivity index (χ1n) is 0. The summed E-state index contributed by atoms with van der Waals surface area (Å²) in [5, 5.41) is 0. The van der Waals surface area contributed by atoms with Gasteiger partial charge in [0.05, 0.1) is 0 Å². The van der Waals surface area contributed by atoms with Gasteiger partial charge in [-0.1, -0.05) is 0 Å². The molecule has 0 aliphatic heterocycles. The maximum atomic E-state index is 0. The molecule has 0 aromatic rings. The third-order valence-corrected chi connectivity index (χ3v) is 0. The molecule has 77 valence electrons. The van der Waals surface area contributed by atoms with Crippen LogP contribution in [0.3, 0.4) is 0 Å². The number of hydrogen-bond donors (Lipinski definition) is 0. The Morgan fingerprint density at radius 3 is 0.286 bits per heavy atom. The Balaban J connectivity index is 0. The molecule has 0 amide bonds. The zero-order chi connectivity index (χ0) is 0. The van der Waals surface area contributed by atoms with E-state index in [4.69, 9.17) is 0 Å². The first kappa shape index (κ1) is 56.7. The Hall–Kier alpha value is 5.18. The van der Waals surface area contributed by atoms with Gasteiger partial charge in [-0.25, -0.2) is 0 Å². The van der Waals surface area contributed by atoms with Crippen LogP contribution in [0, 0.1) is 0 Å². The van der Waals surface area contributed by atoms with Crippen LogP contribution in [0.5, 0.6) is 0 Å². The molecule has 0 heterocycles. The first-order valence-corrected chi connectivity index (χ1v) is 0. The molecule has 0 saturated carbocycles. The monoisotopic (exact) mass is 1110 g/mol. The van der Waals surface area contributed by atoms with Gasteiger partial charge in [-0.3, -0.25) is 0 Å². The Kier molecular flexibility index (Phi) is 350. The molecule has 0 aromatic heterocycles. The molecule has 0 N–H and O–H groups in total. The molecular weight excluding hydrogens is 1110 g/mol. The topological polar surface area (TPSA) is 0 Å².